The predicted molar refractivity (Wildman–Crippen MR) is 104 cm³/mol. The highest BCUT2D eigenvalue weighted by atomic mass is 16.5. The molecule has 150 valence electrons. The molecule has 0 aromatic heterocycles. The summed E-state index contributed by atoms with van der Waals surface area (Å²) in [6.45, 7) is 6.31. The van der Waals surface area contributed by atoms with Crippen LogP contribution in [-0.2, 0) is 4.79 Å². The first-order chi connectivity index (χ1) is 13.1. The molecule has 1 saturated heterocycles. The fourth-order valence-electron chi connectivity index (χ4n) is 3.28. The van der Waals surface area contributed by atoms with E-state index >= 15 is 0 Å². The Bertz CT molecular complexity index is 636. The number of nitrogens with zero attached hydrogens (tertiary/aromatic N) is 1. The van der Waals surface area contributed by atoms with Crippen LogP contribution in [-0.4, -0.2) is 55.6 Å². The number of nitrogens with one attached hydrogen (secondary N) is 1. The third-order valence-corrected chi connectivity index (χ3v) is 4.58. The summed E-state index contributed by atoms with van der Waals surface area (Å²) in [5.74, 6) is 1.10. The molecule has 1 atom stereocenters. The first-order valence-electron chi connectivity index (χ1n) is 9.78. The van der Waals surface area contributed by atoms with Crippen molar-refractivity contribution < 1.29 is 19.1 Å². The van der Waals surface area contributed by atoms with Crippen molar-refractivity contribution in [3.8, 4) is 11.5 Å². The largest absolute Gasteiger partial charge is 0.490 e. The Morgan fingerprint density at radius 3 is 2.63 bits per heavy atom. The molecule has 1 fully saturated rings. The molecule has 1 unspecified atom stereocenters. The van der Waals surface area contributed by atoms with E-state index in [1.807, 2.05) is 18.7 Å². The molecule has 1 aromatic rings. The standard InChI is InChI=1S/C20H31N3O4/c1-3-26-17-9-8-15(13-18(17)27-4-2)20(25)23-12-6-5-7-16(23)14-22-19(24)10-11-21/h8-9,13,16H,3-7,10-12,14,21H2,1-2H3,(H,22,24). The van der Waals surface area contributed by atoms with E-state index in [-0.39, 0.29) is 17.9 Å². The van der Waals surface area contributed by atoms with Crippen LogP contribution >= 0.6 is 0 Å². The van der Waals surface area contributed by atoms with Gasteiger partial charge in [-0.05, 0) is 51.3 Å². The van der Waals surface area contributed by atoms with Crippen molar-refractivity contribution in [3.63, 3.8) is 0 Å². The summed E-state index contributed by atoms with van der Waals surface area (Å²) in [5, 5.41) is 2.89. The number of rotatable bonds is 9. The van der Waals surface area contributed by atoms with E-state index in [0.717, 1.165) is 19.3 Å². The summed E-state index contributed by atoms with van der Waals surface area (Å²) < 4.78 is 11.2. The molecule has 0 saturated carbocycles. The van der Waals surface area contributed by atoms with Gasteiger partial charge in [-0.2, -0.15) is 0 Å². The number of benzene rings is 1. The molecule has 1 heterocycles. The van der Waals surface area contributed by atoms with Crippen LogP contribution in [0.2, 0.25) is 0 Å². The van der Waals surface area contributed by atoms with Gasteiger partial charge in [0, 0.05) is 37.7 Å². The average Bonchev–Trinajstić information content (AvgIpc) is 2.68. The molecule has 1 aromatic carbocycles. The van der Waals surface area contributed by atoms with Gasteiger partial charge in [0.15, 0.2) is 11.5 Å². The highest BCUT2D eigenvalue weighted by Crippen LogP contribution is 2.30. The van der Waals surface area contributed by atoms with Gasteiger partial charge in [-0.15, -0.1) is 0 Å². The van der Waals surface area contributed by atoms with Gasteiger partial charge in [-0.3, -0.25) is 9.59 Å². The molecule has 0 spiro atoms. The zero-order valence-electron chi connectivity index (χ0n) is 16.3. The number of hydrogen-bond donors (Lipinski definition) is 2. The van der Waals surface area contributed by atoms with Crippen LogP contribution in [0.3, 0.4) is 0 Å². The maximum Gasteiger partial charge on any atom is 0.254 e. The monoisotopic (exact) mass is 377 g/mol. The minimum Gasteiger partial charge on any atom is -0.490 e. The van der Waals surface area contributed by atoms with Gasteiger partial charge in [-0.1, -0.05) is 0 Å². The lowest BCUT2D eigenvalue weighted by molar-refractivity contribution is -0.121. The third kappa shape index (κ3) is 5.85. The molecule has 0 bridgehead atoms. The van der Waals surface area contributed by atoms with Crippen molar-refractivity contribution in [1.82, 2.24) is 10.2 Å². The van der Waals surface area contributed by atoms with Crippen molar-refractivity contribution in [2.45, 2.75) is 45.6 Å². The maximum atomic E-state index is 13.1. The minimum atomic E-state index is -0.0739. The number of likely N-dealkylation sites (tertiary alicyclic amines) is 1. The van der Waals surface area contributed by atoms with E-state index in [1.165, 1.54) is 0 Å². The van der Waals surface area contributed by atoms with Gasteiger partial charge in [0.2, 0.25) is 5.91 Å². The molecular formula is C20H31N3O4. The van der Waals surface area contributed by atoms with E-state index in [9.17, 15) is 9.59 Å². The quantitative estimate of drug-likeness (QED) is 0.686. The Kier molecular flexibility index (Phi) is 8.39. The van der Waals surface area contributed by atoms with Gasteiger partial charge >= 0.3 is 0 Å². The SMILES string of the molecule is CCOc1ccc(C(=O)N2CCCCC2CNC(=O)CCN)cc1OCC. The van der Waals surface area contributed by atoms with Crippen LogP contribution in [0.5, 0.6) is 11.5 Å². The smallest absolute Gasteiger partial charge is 0.254 e. The summed E-state index contributed by atoms with van der Waals surface area (Å²) in [6.07, 6.45) is 3.20. The normalized spacial score (nSPS) is 16.7. The summed E-state index contributed by atoms with van der Waals surface area (Å²) in [5.41, 5.74) is 5.99. The number of amides is 2. The van der Waals surface area contributed by atoms with E-state index in [4.69, 9.17) is 15.2 Å². The Balaban J connectivity index is 2.12. The molecule has 3 N–H and O–H groups in total. The lowest BCUT2D eigenvalue weighted by atomic mass is 10.0. The second kappa shape index (κ2) is 10.8. The summed E-state index contributed by atoms with van der Waals surface area (Å²) in [4.78, 5) is 26.7. The van der Waals surface area contributed by atoms with E-state index in [2.05, 4.69) is 5.32 Å². The molecular weight excluding hydrogens is 346 g/mol. The lowest BCUT2D eigenvalue weighted by Gasteiger charge is -2.36. The van der Waals surface area contributed by atoms with Crippen LogP contribution < -0.4 is 20.5 Å². The van der Waals surface area contributed by atoms with E-state index in [0.29, 0.717) is 56.3 Å². The highest BCUT2D eigenvalue weighted by molar-refractivity contribution is 5.95. The molecule has 7 heteroatoms. The van der Waals surface area contributed by atoms with Gasteiger partial charge < -0.3 is 25.4 Å². The molecule has 27 heavy (non-hydrogen) atoms. The van der Waals surface area contributed by atoms with Crippen LogP contribution in [0.4, 0.5) is 0 Å². The number of ether oxygens (including phenoxy) is 2. The first kappa shape index (κ1) is 21.0. The van der Waals surface area contributed by atoms with Gasteiger partial charge in [0.05, 0.1) is 13.2 Å². The molecule has 2 rings (SSSR count). The first-order valence-corrected chi connectivity index (χ1v) is 9.78. The average molecular weight is 377 g/mol. The summed E-state index contributed by atoms with van der Waals surface area (Å²) >= 11 is 0. The van der Waals surface area contributed by atoms with Crippen molar-refractivity contribution in [2.75, 3.05) is 32.8 Å². The van der Waals surface area contributed by atoms with Crippen LogP contribution in [0.25, 0.3) is 0 Å². The zero-order valence-corrected chi connectivity index (χ0v) is 16.3. The fraction of sp³-hybridized carbons (Fsp3) is 0.600. The predicted octanol–water partition coefficient (Wildman–Crippen LogP) is 1.94. The van der Waals surface area contributed by atoms with Gasteiger partial charge in [0.1, 0.15) is 0 Å². The Morgan fingerprint density at radius 2 is 1.93 bits per heavy atom. The van der Waals surface area contributed by atoms with E-state index < -0.39 is 0 Å². The summed E-state index contributed by atoms with van der Waals surface area (Å²) in [6, 6.07) is 5.29. The van der Waals surface area contributed by atoms with Crippen molar-refractivity contribution in [2.24, 2.45) is 5.73 Å². The highest BCUT2D eigenvalue weighted by Gasteiger charge is 2.28. The molecule has 2 amide bonds. The molecule has 7 nitrogen and oxygen atoms in total. The molecule has 0 radical (unpaired) electrons. The number of hydrogen-bond acceptors (Lipinski definition) is 5. The van der Waals surface area contributed by atoms with Crippen LogP contribution in [0.1, 0.15) is 49.9 Å². The molecule has 1 aliphatic heterocycles. The van der Waals surface area contributed by atoms with Crippen molar-refractivity contribution >= 4 is 11.8 Å². The third-order valence-electron chi connectivity index (χ3n) is 4.58. The van der Waals surface area contributed by atoms with Crippen LogP contribution in [0.15, 0.2) is 18.2 Å². The number of carbonyl (C=O) groups is 2. The molecule has 0 aliphatic carbocycles. The van der Waals surface area contributed by atoms with E-state index in [1.54, 1.807) is 18.2 Å². The minimum absolute atomic E-state index is 0.00455. The van der Waals surface area contributed by atoms with Crippen molar-refractivity contribution in [3.05, 3.63) is 23.8 Å². The number of piperidine rings is 1. The Morgan fingerprint density at radius 1 is 1.19 bits per heavy atom. The fourth-order valence-corrected chi connectivity index (χ4v) is 3.28. The zero-order chi connectivity index (χ0) is 19.6. The topological polar surface area (TPSA) is 93.9 Å². The number of nitrogens with two attached hydrogens (primary N) is 1. The second-order valence-corrected chi connectivity index (χ2v) is 6.52. The lowest BCUT2D eigenvalue weighted by Crippen LogP contribution is -2.49. The molecule has 1 aliphatic rings. The Labute approximate surface area is 161 Å². The maximum absolute atomic E-state index is 13.1. The number of carbonyl (C=O) groups excluding carboxylic acids is 2. The second-order valence-electron chi connectivity index (χ2n) is 6.52. The van der Waals surface area contributed by atoms with Gasteiger partial charge in [0.25, 0.3) is 5.91 Å². The van der Waals surface area contributed by atoms with Crippen molar-refractivity contribution in [1.29, 1.82) is 0 Å². The Hall–Kier alpha value is -2.28. The summed E-state index contributed by atoms with van der Waals surface area (Å²) in [7, 11) is 0. The van der Waals surface area contributed by atoms with Gasteiger partial charge in [-0.25, -0.2) is 0 Å². The van der Waals surface area contributed by atoms with Crippen LogP contribution in [0, 0.1) is 0 Å².